The van der Waals surface area contributed by atoms with Crippen molar-refractivity contribution in [3.8, 4) is 17.2 Å². The number of carbonyl (C=O) groups excluding carboxylic acids is 2. The minimum atomic E-state index is -0.618. The molecule has 2 heterocycles. The van der Waals surface area contributed by atoms with E-state index in [-0.39, 0.29) is 49.7 Å². The Balaban J connectivity index is 1.65. The van der Waals surface area contributed by atoms with E-state index in [1.165, 1.54) is 0 Å². The number of ether oxygens (including phenoxy) is 4. The fourth-order valence-electron chi connectivity index (χ4n) is 6.01. The third-order valence-electron chi connectivity index (χ3n) is 8.40. The molecule has 0 saturated carbocycles. The summed E-state index contributed by atoms with van der Waals surface area (Å²) in [5.41, 5.74) is 1.80. The number of carbonyl (C=O) groups is 2. The lowest BCUT2D eigenvalue weighted by molar-refractivity contribution is -0.492. The first-order chi connectivity index (χ1) is 21.9. The Morgan fingerprint density at radius 1 is 0.911 bits per heavy atom. The van der Waals surface area contributed by atoms with Crippen LogP contribution < -0.4 is 14.2 Å². The highest BCUT2D eigenvalue weighted by molar-refractivity contribution is 5.80. The highest BCUT2D eigenvalue weighted by atomic mass is 17.1. The summed E-state index contributed by atoms with van der Waals surface area (Å²) in [5.74, 6) is 0.763. The minimum Gasteiger partial charge on any atom is -0.497 e. The molecule has 0 spiro atoms. The van der Waals surface area contributed by atoms with Crippen molar-refractivity contribution in [1.29, 1.82) is 0 Å². The zero-order valence-corrected chi connectivity index (χ0v) is 26.6. The number of methoxy groups -OCH3 is 1. The lowest BCUT2D eigenvalue weighted by Crippen LogP contribution is -2.42. The van der Waals surface area contributed by atoms with Gasteiger partial charge in [0.1, 0.15) is 5.75 Å². The molecule has 12 heteroatoms. The van der Waals surface area contributed by atoms with Crippen molar-refractivity contribution in [2.45, 2.75) is 64.3 Å². The van der Waals surface area contributed by atoms with E-state index in [2.05, 4.69) is 23.6 Å². The SMILES string of the molecule is CCCCN(CCCC)C(=O)CN1CC(c2ccc3c(c2)OCO3)[C@@H](C(=O)OCCCCON(O)O)C1c1ccc(OC)cc1. The average Bonchev–Trinajstić information content (AvgIpc) is 3.67. The molecule has 2 aromatic rings. The van der Waals surface area contributed by atoms with Crippen LogP contribution in [0.5, 0.6) is 17.2 Å². The number of nitrogens with zero attached hydrogens (tertiary/aromatic N) is 3. The normalized spacial score (nSPS) is 19.2. The third-order valence-corrected chi connectivity index (χ3v) is 8.40. The molecule has 1 amide bonds. The van der Waals surface area contributed by atoms with Gasteiger partial charge in [-0.05, 0) is 61.1 Å². The van der Waals surface area contributed by atoms with Crippen LogP contribution in [0.25, 0.3) is 0 Å². The van der Waals surface area contributed by atoms with Crippen LogP contribution in [0.15, 0.2) is 42.5 Å². The Hall–Kier alpha value is -3.42. The number of likely N-dealkylation sites (tertiary alicyclic amines) is 1. The maximum Gasteiger partial charge on any atom is 0.311 e. The molecule has 4 rings (SSSR count). The van der Waals surface area contributed by atoms with Crippen LogP contribution in [0.3, 0.4) is 0 Å². The van der Waals surface area contributed by atoms with Gasteiger partial charge < -0.3 is 23.8 Å². The molecule has 1 saturated heterocycles. The molecule has 0 aromatic heterocycles. The zero-order valence-electron chi connectivity index (χ0n) is 26.6. The number of amides is 1. The van der Waals surface area contributed by atoms with E-state index >= 15 is 0 Å². The van der Waals surface area contributed by atoms with Crippen molar-refractivity contribution >= 4 is 11.9 Å². The van der Waals surface area contributed by atoms with Crippen molar-refractivity contribution in [1.82, 2.24) is 15.2 Å². The Morgan fingerprint density at radius 3 is 2.24 bits per heavy atom. The fraction of sp³-hybridized carbons (Fsp3) is 0.576. The molecule has 2 N–H and O–H groups in total. The molecule has 0 bridgehead atoms. The van der Waals surface area contributed by atoms with Crippen LogP contribution in [0.4, 0.5) is 0 Å². The van der Waals surface area contributed by atoms with Crippen LogP contribution >= 0.6 is 0 Å². The molecule has 2 aromatic carbocycles. The molecule has 248 valence electrons. The van der Waals surface area contributed by atoms with E-state index in [1.807, 2.05) is 47.4 Å². The zero-order chi connectivity index (χ0) is 32.2. The summed E-state index contributed by atoms with van der Waals surface area (Å²) < 4.78 is 22.5. The second kappa shape index (κ2) is 17.3. The first-order valence-electron chi connectivity index (χ1n) is 15.9. The lowest BCUT2D eigenvalue weighted by Gasteiger charge is -2.30. The Bertz CT molecular complexity index is 1220. The highest BCUT2D eigenvalue weighted by Crippen LogP contribution is 2.48. The highest BCUT2D eigenvalue weighted by Gasteiger charge is 2.49. The van der Waals surface area contributed by atoms with Crippen LogP contribution in [-0.2, 0) is 19.2 Å². The molecule has 12 nitrogen and oxygen atoms in total. The molecule has 2 aliphatic rings. The fourth-order valence-corrected chi connectivity index (χ4v) is 6.01. The Labute approximate surface area is 265 Å². The molecule has 2 unspecified atom stereocenters. The predicted octanol–water partition coefficient (Wildman–Crippen LogP) is 4.94. The van der Waals surface area contributed by atoms with Gasteiger partial charge in [-0.3, -0.25) is 29.7 Å². The van der Waals surface area contributed by atoms with Gasteiger partial charge in [0.2, 0.25) is 12.7 Å². The van der Waals surface area contributed by atoms with Crippen molar-refractivity contribution < 1.29 is 43.8 Å². The van der Waals surface area contributed by atoms with E-state index in [4.69, 9.17) is 29.4 Å². The third kappa shape index (κ3) is 9.30. The quantitative estimate of drug-likeness (QED) is 0.132. The number of benzene rings is 2. The van der Waals surface area contributed by atoms with E-state index in [9.17, 15) is 9.59 Å². The van der Waals surface area contributed by atoms with Gasteiger partial charge in [-0.25, -0.2) is 0 Å². The largest absolute Gasteiger partial charge is 0.497 e. The van der Waals surface area contributed by atoms with Gasteiger partial charge in [0.25, 0.3) is 0 Å². The maximum absolute atomic E-state index is 14.0. The van der Waals surface area contributed by atoms with Crippen LogP contribution in [-0.4, -0.2) is 90.8 Å². The summed E-state index contributed by atoms with van der Waals surface area (Å²) in [4.78, 5) is 36.5. The van der Waals surface area contributed by atoms with Gasteiger partial charge in [-0.15, -0.1) is 0 Å². The van der Waals surface area contributed by atoms with Crippen molar-refractivity contribution in [2.75, 3.05) is 53.3 Å². The first-order valence-corrected chi connectivity index (χ1v) is 15.9. The monoisotopic (exact) mass is 629 g/mol. The predicted molar refractivity (Wildman–Crippen MR) is 164 cm³/mol. The number of rotatable bonds is 18. The molecule has 3 atom stereocenters. The van der Waals surface area contributed by atoms with E-state index in [1.54, 1.807) is 7.11 Å². The summed E-state index contributed by atoms with van der Waals surface area (Å²) >= 11 is 0. The summed E-state index contributed by atoms with van der Waals surface area (Å²) in [6, 6.07) is 12.9. The molecule has 0 radical (unpaired) electrons. The second-order valence-electron chi connectivity index (χ2n) is 11.4. The van der Waals surface area contributed by atoms with Gasteiger partial charge in [0.05, 0.1) is 38.2 Å². The smallest absolute Gasteiger partial charge is 0.311 e. The number of unbranched alkanes of at least 4 members (excludes halogenated alkanes) is 3. The van der Waals surface area contributed by atoms with Gasteiger partial charge in [0, 0.05) is 31.6 Å². The topological polar surface area (TPSA) is 130 Å². The molecule has 2 aliphatic heterocycles. The van der Waals surface area contributed by atoms with Crippen molar-refractivity contribution in [3.63, 3.8) is 0 Å². The number of hydrogen-bond donors (Lipinski definition) is 2. The Morgan fingerprint density at radius 2 is 1.58 bits per heavy atom. The average molecular weight is 630 g/mol. The van der Waals surface area contributed by atoms with Gasteiger partial charge >= 0.3 is 5.97 Å². The molecular weight excluding hydrogens is 582 g/mol. The van der Waals surface area contributed by atoms with Crippen LogP contribution in [0, 0.1) is 5.92 Å². The number of hydrogen-bond acceptors (Lipinski definition) is 11. The van der Waals surface area contributed by atoms with Crippen molar-refractivity contribution in [2.24, 2.45) is 5.92 Å². The summed E-state index contributed by atoms with van der Waals surface area (Å²) in [5, 5.41) is 17.1. The molecule has 0 aliphatic carbocycles. The summed E-state index contributed by atoms with van der Waals surface area (Å²) in [6.07, 6.45) is 4.80. The molecular formula is C33H47N3O9. The van der Waals surface area contributed by atoms with Crippen LogP contribution in [0.2, 0.25) is 0 Å². The standard InChI is InChI=1S/C33H47N3O9/c1-4-6-16-34(17-7-5-2)30(37)22-35-21-27(25-12-15-28-29(20-25)44-23-43-28)31(32(35)24-10-13-26(41-3)14-11-24)33(38)42-18-8-9-19-45-36(39)40/h10-15,20,27,31-32,39-40H,4-9,16-19,21-23H2,1-3H3/t27?,31-,32?/m1/s1. The summed E-state index contributed by atoms with van der Waals surface area (Å²) in [7, 11) is 1.61. The van der Waals surface area contributed by atoms with Gasteiger partial charge in [-0.2, -0.15) is 0 Å². The van der Waals surface area contributed by atoms with E-state index < -0.39 is 12.0 Å². The maximum atomic E-state index is 14.0. The number of esters is 1. The van der Waals surface area contributed by atoms with E-state index in [0.717, 1.165) is 36.8 Å². The van der Waals surface area contributed by atoms with Crippen molar-refractivity contribution in [3.05, 3.63) is 53.6 Å². The first kappa shape index (κ1) is 34.5. The second-order valence-corrected chi connectivity index (χ2v) is 11.4. The Kier molecular flexibility index (Phi) is 13.3. The van der Waals surface area contributed by atoms with Crippen LogP contribution in [0.1, 0.15) is 75.5 Å². The molecule has 45 heavy (non-hydrogen) atoms. The summed E-state index contributed by atoms with van der Waals surface area (Å²) in [6.45, 7) is 6.64. The van der Waals surface area contributed by atoms with Gasteiger partial charge in [-0.1, -0.05) is 44.9 Å². The van der Waals surface area contributed by atoms with E-state index in [0.29, 0.717) is 49.7 Å². The minimum absolute atomic E-state index is 0.0516. The molecule has 1 fully saturated rings. The lowest BCUT2D eigenvalue weighted by atomic mass is 9.82. The number of fused-ring (bicyclic) bond motifs is 1. The van der Waals surface area contributed by atoms with Gasteiger partial charge in [0.15, 0.2) is 11.5 Å².